The number of unbranched alkanes of at least 4 members (excludes halogenated alkanes) is 1. The van der Waals surface area contributed by atoms with E-state index in [1.807, 2.05) is 42.5 Å². The second-order valence-corrected chi connectivity index (χ2v) is 8.52. The van der Waals surface area contributed by atoms with Crippen molar-refractivity contribution in [3.63, 3.8) is 0 Å². The SMILES string of the molecule is CN(C(=O)CCc1ccccc1Cl)[C@H](CCCCO)COC(=O)Nc1cc2ccccc2cn1. The maximum Gasteiger partial charge on any atom is 0.412 e. The predicted octanol–water partition coefficient (Wildman–Crippen LogP) is 5.06. The Hall–Kier alpha value is -3.16. The lowest BCUT2D eigenvalue weighted by atomic mass is 10.1. The Labute approximate surface area is 204 Å². The molecule has 7 nitrogen and oxygen atoms in total. The maximum absolute atomic E-state index is 12.8. The van der Waals surface area contributed by atoms with Crippen molar-refractivity contribution in [1.29, 1.82) is 0 Å². The second kappa shape index (κ2) is 12.9. The molecule has 8 heteroatoms. The van der Waals surface area contributed by atoms with Gasteiger partial charge in [0.1, 0.15) is 12.4 Å². The Morgan fingerprint density at radius 1 is 1.12 bits per heavy atom. The molecule has 0 saturated heterocycles. The fourth-order valence-corrected chi connectivity index (χ4v) is 3.90. The van der Waals surface area contributed by atoms with E-state index in [0.29, 0.717) is 42.9 Å². The summed E-state index contributed by atoms with van der Waals surface area (Å²) in [5.41, 5.74) is 0.918. The fraction of sp³-hybridized carbons (Fsp3) is 0.346. The first-order valence-corrected chi connectivity index (χ1v) is 11.7. The lowest BCUT2D eigenvalue weighted by Gasteiger charge is -2.28. The third-order valence-corrected chi connectivity index (χ3v) is 6.09. The van der Waals surface area contributed by atoms with Crippen LogP contribution >= 0.6 is 11.6 Å². The topological polar surface area (TPSA) is 91.8 Å². The number of aliphatic hydroxyl groups excluding tert-OH is 1. The van der Waals surface area contributed by atoms with Crippen LogP contribution in [-0.2, 0) is 16.0 Å². The van der Waals surface area contributed by atoms with E-state index in [9.17, 15) is 9.59 Å². The van der Waals surface area contributed by atoms with Gasteiger partial charge in [-0.2, -0.15) is 0 Å². The van der Waals surface area contributed by atoms with Gasteiger partial charge in [0.2, 0.25) is 5.91 Å². The zero-order valence-corrected chi connectivity index (χ0v) is 20.0. The van der Waals surface area contributed by atoms with Crippen molar-refractivity contribution in [3.05, 3.63) is 71.4 Å². The smallest absolute Gasteiger partial charge is 0.412 e. The number of nitrogens with one attached hydrogen (secondary N) is 1. The summed E-state index contributed by atoms with van der Waals surface area (Å²) in [6.07, 6.45) is 3.81. The monoisotopic (exact) mass is 483 g/mol. The van der Waals surface area contributed by atoms with Crippen LogP contribution in [0.2, 0.25) is 5.02 Å². The highest BCUT2D eigenvalue weighted by Gasteiger charge is 2.22. The highest BCUT2D eigenvalue weighted by Crippen LogP contribution is 2.19. The number of rotatable bonds is 11. The van der Waals surface area contributed by atoms with Crippen LogP contribution in [0, 0.1) is 0 Å². The molecule has 0 fully saturated rings. The molecule has 0 aliphatic rings. The van der Waals surface area contributed by atoms with Crippen molar-refractivity contribution < 1.29 is 19.4 Å². The summed E-state index contributed by atoms with van der Waals surface area (Å²) < 4.78 is 5.44. The number of amides is 2. The third-order valence-electron chi connectivity index (χ3n) is 5.72. The van der Waals surface area contributed by atoms with Crippen LogP contribution in [0.3, 0.4) is 0 Å². The van der Waals surface area contributed by atoms with E-state index < -0.39 is 6.09 Å². The largest absolute Gasteiger partial charge is 0.447 e. The summed E-state index contributed by atoms with van der Waals surface area (Å²) in [5.74, 6) is 0.332. The van der Waals surface area contributed by atoms with E-state index >= 15 is 0 Å². The van der Waals surface area contributed by atoms with Gasteiger partial charge < -0.3 is 14.7 Å². The minimum atomic E-state index is -0.633. The van der Waals surface area contributed by atoms with Gasteiger partial charge in [-0.25, -0.2) is 9.78 Å². The molecule has 2 N–H and O–H groups in total. The lowest BCUT2D eigenvalue weighted by molar-refractivity contribution is -0.132. The molecule has 2 aromatic carbocycles. The summed E-state index contributed by atoms with van der Waals surface area (Å²) in [6, 6.07) is 16.7. The van der Waals surface area contributed by atoms with Gasteiger partial charge in [-0.1, -0.05) is 54.1 Å². The summed E-state index contributed by atoms with van der Waals surface area (Å²) in [7, 11) is 1.71. The maximum atomic E-state index is 12.8. The van der Waals surface area contributed by atoms with Crippen LogP contribution in [0.4, 0.5) is 10.6 Å². The number of likely N-dealkylation sites (N-methyl/N-ethyl adjacent to an activating group) is 1. The van der Waals surface area contributed by atoms with Crippen molar-refractivity contribution in [1.82, 2.24) is 9.88 Å². The number of aliphatic hydroxyl groups is 1. The van der Waals surface area contributed by atoms with Gasteiger partial charge >= 0.3 is 6.09 Å². The number of benzene rings is 2. The molecule has 1 heterocycles. The molecule has 180 valence electrons. The van der Waals surface area contributed by atoms with Crippen molar-refractivity contribution in [2.75, 3.05) is 25.6 Å². The van der Waals surface area contributed by atoms with Gasteiger partial charge in [0, 0.05) is 36.7 Å². The van der Waals surface area contributed by atoms with E-state index in [4.69, 9.17) is 21.4 Å². The Morgan fingerprint density at radius 3 is 2.62 bits per heavy atom. The second-order valence-electron chi connectivity index (χ2n) is 8.11. The predicted molar refractivity (Wildman–Crippen MR) is 134 cm³/mol. The lowest BCUT2D eigenvalue weighted by Crippen LogP contribution is -2.41. The minimum Gasteiger partial charge on any atom is -0.447 e. The van der Waals surface area contributed by atoms with Gasteiger partial charge in [-0.3, -0.25) is 10.1 Å². The highest BCUT2D eigenvalue weighted by molar-refractivity contribution is 6.31. The molecule has 0 aliphatic heterocycles. The van der Waals surface area contributed by atoms with Gasteiger partial charge in [0.15, 0.2) is 0 Å². The fourth-order valence-electron chi connectivity index (χ4n) is 3.67. The summed E-state index contributed by atoms with van der Waals surface area (Å²) in [6.45, 7) is 0.116. The number of fused-ring (bicyclic) bond motifs is 1. The summed E-state index contributed by atoms with van der Waals surface area (Å²) in [5, 5.41) is 14.3. The molecular formula is C26H30ClN3O4. The van der Waals surface area contributed by atoms with E-state index in [1.165, 1.54) is 0 Å². The summed E-state index contributed by atoms with van der Waals surface area (Å²) in [4.78, 5) is 31.1. The van der Waals surface area contributed by atoms with Crippen molar-refractivity contribution in [3.8, 4) is 0 Å². The average molecular weight is 484 g/mol. The zero-order valence-electron chi connectivity index (χ0n) is 19.2. The van der Waals surface area contributed by atoms with Crippen LogP contribution in [0.15, 0.2) is 60.8 Å². The molecule has 1 aromatic heterocycles. The Kier molecular flexibility index (Phi) is 9.67. The number of aryl methyl sites for hydroxylation is 1. The first-order valence-electron chi connectivity index (χ1n) is 11.4. The number of ether oxygens (including phenoxy) is 1. The van der Waals surface area contributed by atoms with Crippen molar-refractivity contribution >= 4 is 40.2 Å². The molecule has 34 heavy (non-hydrogen) atoms. The first-order chi connectivity index (χ1) is 16.5. The van der Waals surface area contributed by atoms with Gasteiger partial charge in [-0.15, -0.1) is 0 Å². The van der Waals surface area contributed by atoms with Crippen molar-refractivity contribution in [2.24, 2.45) is 0 Å². The Morgan fingerprint density at radius 2 is 1.85 bits per heavy atom. The number of hydrogen-bond donors (Lipinski definition) is 2. The molecule has 0 radical (unpaired) electrons. The molecule has 3 aromatic rings. The Balaban J connectivity index is 1.56. The van der Waals surface area contributed by atoms with Crippen molar-refractivity contribution in [2.45, 2.75) is 38.1 Å². The van der Waals surface area contributed by atoms with Crippen LogP contribution in [0.5, 0.6) is 0 Å². The number of anilines is 1. The molecule has 1 atom stereocenters. The summed E-state index contributed by atoms with van der Waals surface area (Å²) >= 11 is 6.20. The number of halogens is 1. The number of aromatic nitrogens is 1. The molecule has 0 unspecified atom stereocenters. The van der Waals surface area contributed by atoms with E-state index in [-0.39, 0.29) is 25.2 Å². The molecule has 3 rings (SSSR count). The van der Waals surface area contributed by atoms with Crippen LogP contribution in [0.25, 0.3) is 10.8 Å². The van der Waals surface area contributed by atoms with Gasteiger partial charge in [0.05, 0.1) is 6.04 Å². The van der Waals surface area contributed by atoms with Gasteiger partial charge in [0.25, 0.3) is 0 Å². The average Bonchev–Trinajstić information content (AvgIpc) is 2.85. The molecule has 2 amide bonds. The molecule has 0 saturated carbocycles. The van der Waals surface area contributed by atoms with Crippen LogP contribution < -0.4 is 5.32 Å². The molecule has 0 bridgehead atoms. The van der Waals surface area contributed by atoms with E-state index in [1.54, 1.807) is 30.3 Å². The normalized spacial score (nSPS) is 11.7. The van der Waals surface area contributed by atoms with Crippen LogP contribution in [-0.4, -0.2) is 53.3 Å². The Bertz CT molecular complexity index is 1110. The number of hydrogen-bond acceptors (Lipinski definition) is 5. The van der Waals surface area contributed by atoms with E-state index in [0.717, 1.165) is 16.3 Å². The standard InChI is InChI=1S/C26H30ClN3O4/c1-30(25(32)14-13-19-8-4-5-12-23(19)27)22(11-6-7-15-31)18-34-26(33)29-24-16-20-9-2-3-10-21(20)17-28-24/h2-5,8-10,12,16-17,22,31H,6-7,11,13-15,18H2,1H3,(H,28,29,33)/t22-/m1/s1. The minimum absolute atomic E-state index is 0.0408. The number of nitrogens with zero attached hydrogens (tertiary/aromatic N) is 2. The highest BCUT2D eigenvalue weighted by atomic mass is 35.5. The number of pyridine rings is 1. The van der Waals surface area contributed by atoms with Gasteiger partial charge in [-0.05, 0) is 48.8 Å². The zero-order chi connectivity index (χ0) is 24.3. The first kappa shape index (κ1) is 25.5. The molecular weight excluding hydrogens is 454 g/mol. The van der Waals surface area contributed by atoms with E-state index in [2.05, 4.69) is 10.3 Å². The third kappa shape index (κ3) is 7.43. The van der Waals surface area contributed by atoms with Crippen LogP contribution in [0.1, 0.15) is 31.2 Å². The molecule has 0 aliphatic carbocycles. The number of carbonyl (C=O) groups is 2. The number of carbonyl (C=O) groups excluding carboxylic acids is 2. The quantitative estimate of drug-likeness (QED) is 0.372. The molecule has 0 spiro atoms.